The van der Waals surface area contributed by atoms with Crippen molar-refractivity contribution in [2.75, 3.05) is 13.2 Å². The summed E-state index contributed by atoms with van der Waals surface area (Å²) in [5.41, 5.74) is 0. The Morgan fingerprint density at radius 2 is 2.43 bits per heavy atom. The highest BCUT2D eigenvalue weighted by Crippen LogP contribution is 1.76. The molecule has 0 saturated carbocycles. The minimum Gasteiger partial charge on any atom is -0.378 e. The summed E-state index contributed by atoms with van der Waals surface area (Å²) in [4.78, 5) is 0. The van der Waals surface area contributed by atoms with Crippen LogP contribution in [0.5, 0.6) is 0 Å². The molecule has 0 N–H and O–H groups in total. The van der Waals surface area contributed by atoms with Crippen molar-refractivity contribution in [1.29, 1.82) is 0 Å². The van der Waals surface area contributed by atoms with Crippen LogP contribution in [0, 0.1) is 0 Å². The molecule has 0 aromatic carbocycles. The Morgan fingerprint density at radius 3 is 2.86 bits per heavy atom. The smallest absolute Gasteiger partial charge is 0.104 e. The third-order valence-corrected chi connectivity index (χ3v) is 0.584. The standard InChI is InChI=1S/C5H11BO/c1-2-4-7-5-3-6/h2H,1,3-6H2. The Balaban J connectivity index is 2.56. The summed E-state index contributed by atoms with van der Waals surface area (Å²) in [5, 5.41) is 0. The molecule has 0 radical (unpaired) electrons. The minimum absolute atomic E-state index is 0.688. The van der Waals surface area contributed by atoms with Crippen molar-refractivity contribution in [2.24, 2.45) is 0 Å². The summed E-state index contributed by atoms with van der Waals surface area (Å²) in [6, 6.07) is 0. The van der Waals surface area contributed by atoms with Crippen LogP contribution in [-0.2, 0) is 4.74 Å². The lowest BCUT2D eigenvalue weighted by molar-refractivity contribution is 0.178. The van der Waals surface area contributed by atoms with E-state index in [1.165, 1.54) is 0 Å². The Kier molecular flexibility index (Phi) is 5.57. The first-order valence-electron chi connectivity index (χ1n) is 2.60. The van der Waals surface area contributed by atoms with Crippen molar-refractivity contribution in [1.82, 2.24) is 0 Å². The van der Waals surface area contributed by atoms with Gasteiger partial charge in [0.15, 0.2) is 0 Å². The van der Waals surface area contributed by atoms with Crippen LogP contribution in [0.4, 0.5) is 0 Å². The average molecular weight is 98.0 g/mol. The third kappa shape index (κ3) is 5.76. The first kappa shape index (κ1) is 6.76. The molecule has 0 bridgehead atoms. The second kappa shape index (κ2) is 5.76. The van der Waals surface area contributed by atoms with Crippen LogP contribution in [0.15, 0.2) is 12.7 Å². The Morgan fingerprint density at radius 1 is 1.71 bits per heavy atom. The molecular formula is C5H11BO. The van der Waals surface area contributed by atoms with Gasteiger partial charge in [0.05, 0.1) is 6.61 Å². The summed E-state index contributed by atoms with van der Waals surface area (Å²) >= 11 is 0. The summed E-state index contributed by atoms with van der Waals surface area (Å²) < 4.78 is 5.01. The molecule has 0 fully saturated rings. The molecule has 40 valence electrons. The van der Waals surface area contributed by atoms with E-state index in [2.05, 4.69) is 14.4 Å². The first-order chi connectivity index (χ1) is 3.41. The molecule has 0 rings (SSSR count). The van der Waals surface area contributed by atoms with Gasteiger partial charge in [-0.05, 0) is 0 Å². The zero-order chi connectivity index (χ0) is 5.54. The summed E-state index contributed by atoms with van der Waals surface area (Å²) in [5.74, 6) is 0. The quantitative estimate of drug-likeness (QED) is 0.278. The topological polar surface area (TPSA) is 9.23 Å². The van der Waals surface area contributed by atoms with E-state index in [4.69, 9.17) is 4.74 Å². The Bertz CT molecular complexity index is 45.3. The molecule has 0 atom stereocenters. The fourth-order valence-corrected chi connectivity index (χ4v) is 0.311. The molecule has 0 aliphatic heterocycles. The molecule has 0 aromatic heterocycles. The fraction of sp³-hybridized carbons (Fsp3) is 0.600. The second-order valence-corrected chi connectivity index (χ2v) is 1.36. The van der Waals surface area contributed by atoms with E-state index < -0.39 is 0 Å². The van der Waals surface area contributed by atoms with Gasteiger partial charge >= 0.3 is 0 Å². The van der Waals surface area contributed by atoms with Gasteiger partial charge in [-0.1, -0.05) is 12.4 Å². The third-order valence-electron chi connectivity index (χ3n) is 0.584. The lowest BCUT2D eigenvalue weighted by Gasteiger charge is -1.92. The molecule has 0 unspecified atom stereocenters. The van der Waals surface area contributed by atoms with E-state index in [9.17, 15) is 0 Å². The van der Waals surface area contributed by atoms with Crippen LogP contribution in [0.25, 0.3) is 0 Å². The second-order valence-electron chi connectivity index (χ2n) is 1.36. The van der Waals surface area contributed by atoms with Crippen molar-refractivity contribution in [3.8, 4) is 0 Å². The number of hydrogen-bond donors (Lipinski definition) is 0. The molecule has 0 spiro atoms. The van der Waals surface area contributed by atoms with E-state index in [0.717, 1.165) is 12.9 Å². The van der Waals surface area contributed by atoms with E-state index in [1.54, 1.807) is 6.08 Å². The highest BCUT2D eigenvalue weighted by molar-refractivity contribution is 6.08. The van der Waals surface area contributed by atoms with Gasteiger partial charge in [-0.3, -0.25) is 0 Å². The Hall–Kier alpha value is -0.235. The van der Waals surface area contributed by atoms with Crippen LogP contribution in [-0.4, -0.2) is 21.1 Å². The molecular weight excluding hydrogens is 86.9 g/mol. The monoisotopic (exact) mass is 98.1 g/mol. The van der Waals surface area contributed by atoms with Crippen LogP contribution in [0.3, 0.4) is 0 Å². The zero-order valence-corrected chi connectivity index (χ0v) is 4.81. The van der Waals surface area contributed by atoms with Crippen molar-refractivity contribution < 1.29 is 4.74 Å². The summed E-state index contributed by atoms with van der Waals surface area (Å²) in [6.45, 7) is 5.05. The summed E-state index contributed by atoms with van der Waals surface area (Å²) in [7, 11) is 2.09. The van der Waals surface area contributed by atoms with Crippen molar-refractivity contribution in [2.45, 2.75) is 6.32 Å². The van der Waals surface area contributed by atoms with E-state index in [-0.39, 0.29) is 0 Å². The normalized spacial score (nSPS) is 8.57. The van der Waals surface area contributed by atoms with Gasteiger partial charge in [0.1, 0.15) is 7.85 Å². The SMILES string of the molecule is BCCOCC=C. The fourth-order valence-electron chi connectivity index (χ4n) is 0.311. The predicted octanol–water partition coefficient (Wildman–Crippen LogP) is 0.240. The maximum atomic E-state index is 5.01. The minimum atomic E-state index is 0.688. The maximum absolute atomic E-state index is 5.01. The van der Waals surface area contributed by atoms with Gasteiger partial charge in [-0.25, -0.2) is 0 Å². The molecule has 0 aliphatic rings. The first-order valence-corrected chi connectivity index (χ1v) is 2.60. The van der Waals surface area contributed by atoms with E-state index in [0.29, 0.717) is 6.61 Å². The average Bonchev–Trinajstić information content (AvgIpc) is 1.69. The van der Waals surface area contributed by atoms with Crippen molar-refractivity contribution in [3.05, 3.63) is 12.7 Å². The predicted molar refractivity (Wildman–Crippen MR) is 34.4 cm³/mol. The van der Waals surface area contributed by atoms with Gasteiger partial charge in [-0.15, -0.1) is 6.58 Å². The van der Waals surface area contributed by atoms with E-state index in [1.807, 2.05) is 0 Å². The number of ether oxygens (including phenoxy) is 1. The van der Waals surface area contributed by atoms with Crippen LogP contribution >= 0.6 is 0 Å². The molecule has 7 heavy (non-hydrogen) atoms. The van der Waals surface area contributed by atoms with Crippen molar-refractivity contribution in [3.63, 3.8) is 0 Å². The van der Waals surface area contributed by atoms with E-state index >= 15 is 0 Å². The number of rotatable bonds is 4. The van der Waals surface area contributed by atoms with Gasteiger partial charge in [0.2, 0.25) is 0 Å². The number of hydrogen-bond acceptors (Lipinski definition) is 1. The summed E-state index contributed by atoms with van der Waals surface area (Å²) in [6.07, 6.45) is 2.85. The van der Waals surface area contributed by atoms with Crippen molar-refractivity contribution >= 4 is 7.85 Å². The molecule has 2 heteroatoms. The molecule has 1 nitrogen and oxygen atoms in total. The molecule has 0 heterocycles. The van der Waals surface area contributed by atoms with Crippen LogP contribution in [0.2, 0.25) is 6.32 Å². The highest BCUT2D eigenvalue weighted by atomic mass is 16.5. The van der Waals surface area contributed by atoms with Crippen LogP contribution in [0.1, 0.15) is 0 Å². The van der Waals surface area contributed by atoms with Gasteiger partial charge in [0, 0.05) is 6.61 Å². The Labute approximate surface area is 45.8 Å². The zero-order valence-electron chi connectivity index (χ0n) is 4.81. The maximum Gasteiger partial charge on any atom is 0.104 e. The molecule has 0 aliphatic carbocycles. The molecule has 0 aromatic rings. The van der Waals surface area contributed by atoms with Gasteiger partial charge in [-0.2, -0.15) is 0 Å². The highest BCUT2D eigenvalue weighted by Gasteiger charge is 1.75. The van der Waals surface area contributed by atoms with Crippen LogP contribution < -0.4 is 0 Å². The molecule has 0 amide bonds. The van der Waals surface area contributed by atoms with Gasteiger partial charge < -0.3 is 4.74 Å². The molecule has 0 saturated heterocycles. The lowest BCUT2D eigenvalue weighted by atomic mass is 10.1. The van der Waals surface area contributed by atoms with Gasteiger partial charge in [0.25, 0.3) is 0 Å². The largest absolute Gasteiger partial charge is 0.378 e. The lowest BCUT2D eigenvalue weighted by Crippen LogP contribution is -1.91.